The van der Waals surface area contributed by atoms with Crippen molar-refractivity contribution in [3.63, 3.8) is 0 Å². The molecular weight excluding hydrogens is 314 g/mol. The fraction of sp³-hybridized carbons (Fsp3) is 0.350. The molecule has 5 nitrogen and oxygen atoms in total. The highest BCUT2D eigenvalue weighted by Crippen LogP contribution is 2.26. The number of para-hydroxylation sites is 1. The maximum atomic E-state index is 11.7. The average Bonchev–Trinajstić information content (AvgIpc) is 2.68. The second-order valence-electron chi connectivity index (χ2n) is 6.28. The number of rotatable bonds is 5. The predicted molar refractivity (Wildman–Crippen MR) is 98.6 cm³/mol. The summed E-state index contributed by atoms with van der Waals surface area (Å²) >= 11 is 0. The minimum atomic E-state index is 0.0368. The van der Waals surface area contributed by atoms with Gasteiger partial charge in [0.05, 0.1) is 6.54 Å². The molecule has 2 N–H and O–H groups in total. The molecule has 1 atom stereocenters. The SMILES string of the molecule is CC(c1ccc(Oc2ccccc2)cc1)N1CCN(C(=O)CN)CC1. The number of hydrogen-bond acceptors (Lipinski definition) is 4. The lowest BCUT2D eigenvalue weighted by Gasteiger charge is -2.38. The highest BCUT2D eigenvalue weighted by Gasteiger charge is 2.24. The molecule has 1 aliphatic heterocycles. The Morgan fingerprint density at radius 3 is 2.20 bits per heavy atom. The van der Waals surface area contributed by atoms with Gasteiger partial charge in [0.1, 0.15) is 11.5 Å². The summed E-state index contributed by atoms with van der Waals surface area (Å²) in [7, 11) is 0. The zero-order valence-corrected chi connectivity index (χ0v) is 14.6. The Morgan fingerprint density at radius 1 is 1.00 bits per heavy atom. The van der Waals surface area contributed by atoms with Crippen LogP contribution in [-0.2, 0) is 4.79 Å². The van der Waals surface area contributed by atoms with Gasteiger partial charge in [-0.15, -0.1) is 0 Å². The smallest absolute Gasteiger partial charge is 0.236 e. The molecule has 1 amide bonds. The highest BCUT2D eigenvalue weighted by atomic mass is 16.5. The minimum absolute atomic E-state index is 0.0368. The van der Waals surface area contributed by atoms with E-state index >= 15 is 0 Å². The van der Waals surface area contributed by atoms with Crippen molar-refractivity contribution in [2.24, 2.45) is 5.73 Å². The van der Waals surface area contributed by atoms with E-state index < -0.39 is 0 Å². The molecule has 1 unspecified atom stereocenters. The summed E-state index contributed by atoms with van der Waals surface area (Å²) in [5.41, 5.74) is 6.69. The van der Waals surface area contributed by atoms with E-state index in [1.807, 2.05) is 47.4 Å². The Bertz CT molecular complexity index is 680. The lowest BCUT2D eigenvalue weighted by atomic mass is 10.1. The molecule has 25 heavy (non-hydrogen) atoms. The molecule has 0 spiro atoms. The molecular formula is C20H25N3O2. The molecule has 5 heteroatoms. The molecule has 2 aromatic carbocycles. The van der Waals surface area contributed by atoms with Crippen LogP contribution in [0.1, 0.15) is 18.5 Å². The summed E-state index contributed by atoms with van der Waals surface area (Å²) in [5.74, 6) is 1.71. The molecule has 1 fully saturated rings. The van der Waals surface area contributed by atoms with Gasteiger partial charge in [-0.3, -0.25) is 9.69 Å². The van der Waals surface area contributed by atoms with Gasteiger partial charge < -0.3 is 15.4 Å². The first kappa shape index (κ1) is 17.5. The zero-order valence-electron chi connectivity index (χ0n) is 14.6. The lowest BCUT2D eigenvalue weighted by Crippen LogP contribution is -2.50. The number of amides is 1. The molecule has 0 saturated carbocycles. The van der Waals surface area contributed by atoms with Crippen LogP contribution in [0.5, 0.6) is 11.5 Å². The van der Waals surface area contributed by atoms with Crippen LogP contribution >= 0.6 is 0 Å². The largest absolute Gasteiger partial charge is 0.457 e. The van der Waals surface area contributed by atoms with E-state index in [1.165, 1.54) is 5.56 Å². The van der Waals surface area contributed by atoms with Crippen molar-refractivity contribution in [2.45, 2.75) is 13.0 Å². The monoisotopic (exact) mass is 339 g/mol. The van der Waals surface area contributed by atoms with E-state index in [-0.39, 0.29) is 12.5 Å². The van der Waals surface area contributed by atoms with Crippen molar-refractivity contribution in [3.8, 4) is 11.5 Å². The van der Waals surface area contributed by atoms with Crippen molar-refractivity contribution in [3.05, 3.63) is 60.2 Å². The number of ether oxygens (including phenoxy) is 1. The van der Waals surface area contributed by atoms with Crippen molar-refractivity contribution in [1.82, 2.24) is 9.80 Å². The second kappa shape index (κ2) is 8.14. The Balaban J connectivity index is 1.58. The lowest BCUT2D eigenvalue weighted by molar-refractivity contribution is -0.131. The van der Waals surface area contributed by atoms with Gasteiger partial charge in [-0.2, -0.15) is 0 Å². The fourth-order valence-electron chi connectivity index (χ4n) is 3.14. The van der Waals surface area contributed by atoms with E-state index in [2.05, 4.69) is 24.0 Å². The molecule has 1 heterocycles. The fourth-order valence-corrected chi connectivity index (χ4v) is 3.14. The number of carbonyl (C=O) groups excluding carboxylic acids is 1. The molecule has 0 aliphatic carbocycles. The number of carbonyl (C=O) groups is 1. The summed E-state index contributed by atoms with van der Waals surface area (Å²) in [5, 5.41) is 0. The van der Waals surface area contributed by atoms with Crippen LogP contribution < -0.4 is 10.5 Å². The summed E-state index contributed by atoms with van der Waals surface area (Å²) in [6.45, 7) is 5.53. The molecule has 2 aromatic rings. The van der Waals surface area contributed by atoms with E-state index in [0.29, 0.717) is 6.04 Å². The third-order valence-electron chi connectivity index (χ3n) is 4.73. The Hall–Kier alpha value is -2.37. The first-order valence-electron chi connectivity index (χ1n) is 8.72. The summed E-state index contributed by atoms with van der Waals surface area (Å²) in [6.07, 6.45) is 0. The van der Waals surface area contributed by atoms with Crippen LogP contribution in [0.3, 0.4) is 0 Å². The number of nitrogens with two attached hydrogens (primary N) is 1. The van der Waals surface area contributed by atoms with Gasteiger partial charge in [0.15, 0.2) is 0 Å². The van der Waals surface area contributed by atoms with E-state index in [0.717, 1.165) is 37.7 Å². The zero-order chi connectivity index (χ0) is 17.6. The number of piperazine rings is 1. The number of nitrogens with zero attached hydrogens (tertiary/aromatic N) is 2. The quantitative estimate of drug-likeness (QED) is 0.910. The molecule has 0 radical (unpaired) electrons. The van der Waals surface area contributed by atoms with E-state index in [1.54, 1.807) is 0 Å². The number of hydrogen-bond donors (Lipinski definition) is 1. The molecule has 0 bridgehead atoms. The van der Waals surface area contributed by atoms with Crippen molar-refractivity contribution < 1.29 is 9.53 Å². The third kappa shape index (κ3) is 4.38. The Morgan fingerprint density at radius 2 is 1.60 bits per heavy atom. The van der Waals surface area contributed by atoms with E-state index in [4.69, 9.17) is 10.5 Å². The molecule has 1 saturated heterocycles. The average molecular weight is 339 g/mol. The van der Waals surface area contributed by atoms with Gasteiger partial charge in [0.25, 0.3) is 0 Å². The van der Waals surface area contributed by atoms with Gasteiger partial charge in [-0.05, 0) is 36.8 Å². The first-order chi connectivity index (χ1) is 12.2. The minimum Gasteiger partial charge on any atom is -0.457 e. The highest BCUT2D eigenvalue weighted by molar-refractivity contribution is 5.78. The van der Waals surface area contributed by atoms with Crippen LogP contribution in [0.15, 0.2) is 54.6 Å². The Labute approximate surface area is 149 Å². The third-order valence-corrected chi connectivity index (χ3v) is 4.73. The summed E-state index contributed by atoms with van der Waals surface area (Å²) in [4.78, 5) is 15.9. The topological polar surface area (TPSA) is 58.8 Å². The van der Waals surface area contributed by atoms with Gasteiger partial charge in [-0.25, -0.2) is 0 Å². The first-order valence-corrected chi connectivity index (χ1v) is 8.72. The molecule has 0 aromatic heterocycles. The van der Waals surface area contributed by atoms with Gasteiger partial charge in [0, 0.05) is 32.2 Å². The van der Waals surface area contributed by atoms with Crippen LogP contribution in [-0.4, -0.2) is 48.4 Å². The standard InChI is InChI=1S/C20H25N3O2/c1-16(22-11-13-23(14-12-22)20(24)15-21)17-7-9-19(10-8-17)25-18-5-3-2-4-6-18/h2-10,16H,11-15,21H2,1H3. The van der Waals surface area contributed by atoms with Crippen LogP contribution in [0.4, 0.5) is 0 Å². The molecule has 132 valence electrons. The van der Waals surface area contributed by atoms with Crippen molar-refractivity contribution >= 4 is 5.91 Å². The molecule has 3 rings (SSSR count). The van der Waals surface area contributed by atoms with E-state index in [9.17, 15) is 4.79 Å². The second-order valence-corrected chi connectivity index (χ2v) is 6.28. The summed E-state index contributed by atoms with van der Waals surface area (Å²) in [6, 6.07) is 18.3. The maximum absolute atomic E-state index is 11.7. The van der Waals surface area contributed by atoms with Crippen LogP contribution in [0.2, 0.25) is 0 Å². The predicted octanol–water partition coefficient (Wildman–Crippen LogP) is 2.64. The normalized spacial score (nSPS) is 16.5. The van der Waals surface area contributed by atoms with Gasteiger partial charge >= 0.3 is 0 Å². The number of benzene rings is 2. The van der Waals surface area contributed by atoms with Gasteiger partial charge in [-0.1, -0.05) is 30.3 Å². The summed E-state index contributed by atoms with van der Waals surface area (Å²) < 4.78 is 5.84. The van der Waals surface area contributed by atoms with Crippen LogP contribution in [0, 0.1) is 0 Å². The van der Waals surface area contributed by atoms with Crippen LogP contribution in [0.25, 0.3) is 0 Å². The van der Waals surface area contributed by atoms with Crippen molar-refractivity contribution in [1.29, 1.82) is 0 Å². The molecule has 1 aliphatic rings. The van der Waals surface area contributed by atoms with Gasteiger partial charge in [0.2, 0.25) is 5.91 Å². The Kier molecular flexibility index (Phi) is 5.68. The maximum Gasteiger partial charge on any atom is 0.236 e. The van der Waals surface area contributed by atoms with Crippen molar-refractivity contribution in [2.75, 3.05) is 32.7 Å².